The molecule has 0 aliphatic rings. The Bertz CT molecular complexity index is 905. The first-order valence-corrected chi connectivity index (χ1v) is 9.30. The van der Waals surface area contributed by atoms with E-state index in [2.05, 4.69) is 113 Å². The number of aryl methyl sites for hydroxylation is 2. The lowest BCUT2D eigenvalue weighted by molar-refractivity contribution is 0.590. The van der Waals surface area contributed by atoms with Crippen LogP contribution in [0.5, 0.6) is 0 Å². The summed E-state index contributed by atoms with van der Waals surface area (Å²) >= 11 is 0. The molecular formula is C26H28. The lowest BCUT2D eigenvalue weighted by atomic mass is 9.86. The molecule has 0 heteroatoms. The van der Waals surface area contributed by atoms with Crippen LogP contribution >= 0.6 is 0 Å². The topological polar surface area (TPSA) is 0 Å². The van der Waals surface area contributed by atoms with Crippen LogP contribution in [0.25, 0.3) is 11.6 Å². The molecule has 0 aromatic heterocycles. The first-order valence-electron chi connectivity index (χ1n) is 9.30. The lowest BCUT2D eigenvalue weighted by Crippen LogP contribution is -2.10. The molecule has 3 aromatic rings. The van der Waals surface area contributed by atoms with E-state index >= 15 is 0 Å². The van der Waals surface area contributed by atoms with Crippen molar-refractivity contribution in [3.05, 3.63) is 106 Å². The summed E-state index contributed by atoms with van der Waals surface area (Å²) in [6, 6.07) is 26.3. The Morgan fingerprint density at radius 2 is 1.35 bits per heavy atom. The third-order valence-corrected chi connectivity index (χ3v) is 4.99. The molecule has 0 atom stereocenters. The first-order chi connectivity index (χ1) is 12.3. The van der Waals surface area contributed by atoms with Crippen molar-refractivity contribution in [2.24, 2.45) is 0 Å². The smallest absolute Gasteiger partial charge is 0.0105 e. The second-order valence-corrected chi connectivity index (χ2v) is 8.10. The Hall–Kier alpha value is -2.60. The van der Waals surface area contributed by atoms with E-state index in [1.165, 1.54) is 39.0 Å². The molecule has 0 fully saturated rings. The zero-order valence-corrected chi connectivity index (χ0v) is 16.5. The summed E-state index contributed by atoms with van der Waals surface area (Å²) in [6.07, 6.45) is 2.30. The van der Waals surface area contributed by atoms with Crippen molar-refractivity contribution in [2.45, 2.75) is 40.0 Å². The van der Waals surface area contributed by atoms with Crippen molar-refractivity contribution in [3.8, 4) is 0 Å². The summed E-state index contributed by atoms with van der Waals surface area (Å²) in [7, 11) is 0. The van der Waals surface area contributed by atoms with Crippen LogP contribution in [0.2, 0.25) is 0 Å². The fourth-order valence-corrected chi connectivity index (χ4v) is 3.11. The van der Waals surface area contributed by atoms with Crippen molar-refractivity contribution >= 4 is 11.6 Å². The van der Waals surface area contributed by atoms with E-state index in [1.807, 2.05) is 0 Å². The third kappa shape index (κ3) is 4.14. The van der Waals surface area contributed by atoms with Gasteiger partial charge in [0, 0.05) is 0 Å². The molecule has 132 valence electrons. The summed E-state index contributed by atoms with van der Waals surface area (Å²) in [5, 5.41) is 0. The molecule has 0 unspecified atom stereocenters. The number of hydrogen-bond acceptors (Lipinski definition) is 0. The van der Waals surface area contributed by atoms with Gasteiger partial charge in [-0.2, -0.15) is 0 Å². The van der Waals surface area contributed by atoms with E-state index in [0.717, 1.165) is 0 Å². The summed E-state index contributed by atoms with van der Waals surface area (Å²) in [6.45, 7) is 11.1. The van der Waals surface area contributed by atoms with Gasteiger partial charge in [-0.1, -0.05) is 93.6 Å². The predicted molar refractivity (Wildman–Crippen MR) is 114 cm³/mol. The van der Waals surface area contributed by atoms with Gasteiger partial charge in [-0.05, 0) is 64.3 Å². The zero-order valence-electron chi connectivity index (χ0n) is 16.5. The van der Waals surface area contributed by atoms with Gasteiger partial charge in [0.15, 0.2) is 0 Å². The summed E-state index contributed by atoms with van der Waals surface area (Å²) in [4.78, 5) is 0. The maximum atomic E-state index is 2.30. The molecule has 0 N–H and O–H groups in total. The summed E-state index contributed by atoms with van der Waals surface area (Å²) < 4.78 is 0. The fraction of sp³-hybridized carbons (Fsp3) is 0.231. The van der Waals surface area contributed by atoms with E-state index in [1.54, 1.807) is 0 Å². The zero-order chi connectivity index (χ0) is 18.7. The van der Waals surface area contributed by atoms with Crippen LogP contribution in [-0.4, -0.2) is 0 Å². The molecular weight excluding hydrogens is 312 g/mol. The van der Waals surface area contributed by atoms with Crippen molar-refractivity contribution in [1.29, 1.82) is 0 Å². The van der Waals surface area contributed by atoms with Gasteiger partial charge in [0.2, 0.25) is 0 Å². The quantitative estimate of drug-likeness (QED) is 0.443. The second-order valence-electron chi connectivity index (χ2n) is 8.10. The molecule has 0 nitrogen and oxygen atoms in total. The van der Waals surface area contributed by atoms with Crippen LogP contribution in [0, 0.1) is 13.8 Å². The minimum Gasteiger partial charge on any atom is -0.0622 e. The van der Waals surface area contributed by atoms with Crippen LogP contribution in [0.1, 0.15) is 54.2 Å². The molecule has 26 heavy (non-hydrogen) atoms. The highest BCUT2D eigenvalue weighted by Crippen LogP contribution is 2.29. The molecule has 0 heterocycles. The Morgan fingerprint density at radius 3 is 1.92 bits per heavy atom. The molecule has 0 aliphatic carbocycles. The van der Waals surface area contributed by atoms with E-state index < -0.39 is 0 Å². The minimum absolute atomic E-state index is 0.179. The second kappa shape index (κ2) is 7.33. The highest BCUT2D eigenvalue weighted by molar-refractivity contribution is 5.91. The molecule has 3 aromatic carbocycles. The van der Waals surface area contributed by atoms with Crippen LogP contribution in [0.15, 0.2) is 72.8 Å². The normalized spacial score (nSPS) is 12.3. The van der Waals surface area contributed by atoms with Crippen LogP contribution < -0.4 is 0 Å². The van der Waals surface area contributed by atoms with Gasteiger partial charge in [-0.25, -0.2) is 0 Å². The van der Waals surface area contributed by atoms with Gasteiger partial charge >= 0.3 is 0 Å². The van der Waals surface area contributed by atoms with Gasteiger partial charge in [-0.15, -0.1) is 0 Å². The molecule has 0 aliphatic heterocycles. The molecule has 0 saturated carbocycles. The van der Waals surface area contributed by atoms with E-state index in [-0.39, 0.29) is 5.41 Å². The molecule has 0 bridgehead atoms. The van der Waals surface area contributed by atoms with Crippen molar-refractivity contribution in [2.75, 3.05) is 0 Å². The van der Waals surface area contributed by atoms with Gasteiger partial charge in [0.05, 0.1) is 0 Å². The van der Waals surface area contributed by atoms with E-state index in [0.29, 0.717) is 0 Å². The average molecular weight is 341 g/mol. The van der Waals surface area contributed by atoms with Crippen LogP contribution in [0.4, 0.5) is 0 Å². The SMILES string of the molecule is Cc1ccc(/C(=C/c2ccc(C(C)(C)C)cc2)c2ccccc2)cc1C. The third-order valence-electron chi connectivity index (χ3n) is 4.99. The summed E-state index contributed by atoms with van der Waals surface area (Å²) in [5.41, 5.74) is 9.20. The molecule has 0 saturated heterocycles. The van der Waals surface area contributed by atoms with E-state index in [4.69, 9.17) is 0 Å². The fourth-order valence-electron chi connectivity index (χ4n) is 3.11. The monoisotopic (exact) mass is 340 g/mol. The first kappa shape index (κ1) is 18.2. The van der Waals surface area contributed by atoms with Crippen molar-refractivity contribution < 1.29 is 0 Å². The molecule has 3 rings (SSSR count). The minimum atomic E-state index is 0.179. The average Bonchev–Trinajstić information content (AvgIpc) is 2.62. The van der Waals surface area contributed by atoms with Gasteiger partial charge in [-0.3, -0.25) is 0 Å². The number of rotatable bonds is 3. The maximum absolute atomic E-state index is 2.30. The number of benzene rings is 3. The van der Waals surface area contributed by atoms with Gasteiger partial charge in [0.25, 0.3) is 0 Å². The number of hydrogen-bond donors (Lipinski definition) is 0. The maximum Gasteiger partial charge on any atom is -0.0105 e. The Kier molecular flexibility index (Phi) is 5.13. The Balaban J connectivity index is 2.08. The largest absolute Gasteiger partial charge is 0.0622 e. The van der Waals surface area contributed by atoms with Crippen molar-refractivity contribution in [1.82, 2.24) is 0 Å². The summed E-state index contributed by atoms with van der Waals surface area (Å²) in [5.74, 6) is 0. The standard InChI is InChI=1S/C26H28/c1-19-11-14-23(17-20(19)2)25(22-9-7-6-8-10-22)18-21-12-15-24(16-13-21)26(3,4)5/h6-18H,1-5H3/b25-18+. The molecule has 0 amide bonds. The lowest BCUT2D eigenvalue weighted by Gasteiger charge is -2.19. The molecule has 0 spiro atoms. The van der Waals surface area contributed by atoms with Crippen LogP contribution in [0.3, 0.4) is 0 Å². The van der Waals surface area contributed by atoms with Gasteiger partial charge < -0.3 is 0 Å². The van der Waals surface area contributed by atoms with E-state index in [9.17, 15) is 0 Å². The highest BCUT2D eigenvalue weighted by atomic mass is 14.2. The molecule has 0 radical (unpaired) electrons. The highest BCUT2D eigenvalue weighted by Gasteiger charge is 2.13. The Labute approximate surface area is 158 Å². The Morgan fingerprint density at radius 1 is 0.692 bits per heavy atom. The van der Waals surface area contributed by atoms with Gasteiger partial charge in [0.1, 0.15) is 0 Å². The predicted octanol–water partition coefficient (Wildman–Crippen LogP) is 7.19. The van der Waals surface area contributed by atoms with Crippen molar-refractivity contribution in [3.63, 3.8) is 0 Å². The van der Waals surface area contributed by atoms with Crippen LogP contribution in [-0.2, 0) is 5.41 Å².